The van der Waals surface area contributed by atoms with Crippen LogP contribution in [0.3, 0.4) is 0 Å². The zero-order valence-electron chi connectivity index (χ0n) is 14.9. The van der Waals surface area contributed by atoms with Crippen LogP contribution in [0.4, 0.5) is 5.69 Å². The molecule has 2 heterocycles. The number of rotatable bonds is 4. The summed E-state index contributed by atoms with van der Waals surface area (Å²) in [6, 6.07) is 8.56. The van der Waals surface area contributed by atoms with Gasteiger partial charge in [-0.2, -0.15) is 0 Å². The number of benzene rings is 1. The number of aryl methyl sites for hydroxylation is 1. The monoisotopic (exact) mass is 365 g/mol. The fourth-order valence-corrected chi connectivity index (χ4v) is 4.63. The minimum atomic E-state index is -2.93. The average Bonchev–Trinajstić information content (AvgIpc) is 2.60. The highest BCUT2D eigenvalue weighted by Crippen LogP contribution is 2.18. The second-order valence-electron chi connectivity index (χ2n) is 6.95. The summed E-state index contributed by atoms with van der Waals surface area (Å²) in [4.78, 5) is 18.7. The molecule has 7 heteroatoms. The van der Waals surface area contributed by atoms with Crippen LogP contribution in [0.5, 0.6) is 0 Å². The van der Waals surface area contributed by atoms with E-state index in [4.69, 9.17) is 0 Å². The summed E-state index contributed by atoms with van der Waals surface area (Å²) in [5.41, 5.74) is 2.54. The van der Waals surface area contributed by atoms with E-state index >= 15 is 0 Å². The molecular weight excluding hydrogens is 338 g/mol. The fraction of sp³-hybridized carbons (Fsp3) is 0.611. The summed E-state index contributed by atoms with van der Waals surface area (Å²) in [6.07, 6.45) is 0.477. The van der Waals surface area contributed by atoms with Gasteiger partial charge in [-0.3, -0.25) is 9.69 Å². The molecule has 1 aromatic rings. The first-order valence-corrected chi connectivity index (χ1v) is 10.8. The van der Waals surface area contributed by atoms with Crippen LogP contribution in [0.25, 0.3) is 0 Å². The van der Waals surface area contributed by atoms with Gasteiger partial charge in [0.2, 0.25) is 5.91 Å². The highest BCUT2D eigenvalue weighted by molar-refractivity contribution is 7.91. The van der Waals surface area contributed by atoms with Crippen molar-refractivity contribution in [3.05, 3.63) is 29.8 Å². The highest BCUT2D eigenvalue weighted by Gasteiger charge is 2.25. The molecule has 25 heavy (non-hydrogen) atoms. The van der Waals surface area contributed by atoms with Crippen molar-refractivity contribution in [3.8, 4) is 0 Å². The molecule has 0 bridgehead atoms. The quantitative estimate of drug-likeness (QED) is 0.789. The van der Waals surface area contributed by atoms with Crippen LogP contribution < -0.4 is 4.90 Å². The molecule has 0 spiro atoms. The Morgan fingerprint density at radius 1 is 1.04 bits per heavy atom. The Morgan fingerprint density at radius 2 is 1.72 bits per heavy atom. The summed E-state index contributed by atoms with van der Waals surface area (Å²) in [5.74, 6) is 0.290. The maximum absolute atomic E-state index is 12.3. The van der Waals surface area contributed by atoms with Gasteiger partial charge in [0.25, 0.3) is 0 Å². The molecule has 1 amide bonds. The summed E-state index contributed by atoms with van der Waals surface area (Å²) in [5, 5.41) is 0. The summed E-state index contributed by atoms with van der Waals surface area (Å²) in [7, 11) is -2.93. The smallest absolute Gasteiger partial charge is 0.223 e. The summed E-state index contributed by atoms with van der Waals surface area (Å²) < 4.78 is 22.9. The van der Waals surface area contributed by atoms with Gasteiger partial charge >= 0.3 is 0 Å². The molecular formula is C18H27N3O3S. The first-order valence-electron chi connectivity index (χ1n) is 8.95. The van der Waals surface area contributed by atoms with Crippen molar-refractivity contribution < 1.29 is 13.2 Å². The Hall–Kier alpha value is -1.60. The van der Waals surface area contributed by atoms with Crippen LogP contribution in [0.1, 0.15) is 12.0 Å². The van der Waals surface area contributed by atoms with Gasteiger partial charge in [0, 0.05) is 57.9 Å². The summed E-state index contributed by atoms with van der Waals surface area (Å²) >= 11 is 0. The van der Waals surface area contributed by atoms with Gasteiger partial charge < -0.3 is 9.80 Å². The second-order valence-corrected chi connectivity index (χ2v) is 9.25. The minimum absolute atomic E-state index is 0.0796. The maximum atomic E-state index is 12.3. The van der Waals surface area contributed by atoms with Gasteiger partial charge in [0.05, 0.1) is 11.5 Å². The molecule has 6 nitrogen and oxygen atoms in total. The van der Waals surface area contributed by atoms with Crippen LogP contribution in [0.2, 0.25) is 0 Å². The molecule has 0 atom stereocenters. The predicted octanol–water partition coefficient (Wildman–Crippen LogP) is 0.764. The Labute approximate surface area is 150 Å². The topological polar surface area (TPSA) is 60.9 Å². The third kappa shape index (κ3) is 4.95. The number of anilines is 1. The number of amides is 1. The summed E-state index contributed by atoms with van der Waals surface area (Å²) in [6.45, 7) is 7.41. The number of hydrogen-bond donors (Lipinski definition) is 0. The first-order chi connectivity index (χ1) is 11.9. The molecule has 0 saturated carbocycles. The van der Waals surface area contributed by atoms with Gasteiger partial charge in [0.1, 0.15) is 0 Å². The van der Waals surface area contributed by atoms with Crippen molar-refractivity contribution >= 4 is 21.4 Å². The molecule has 1 aromatic carbocycles. The molecule has 138 valence electrons. The molecule has 2 saturated heterocycles. The van der Waals surface area contributed by atoms with E-state index in [1.807, 2.05) is 0 Å². The molecule has 0 radical (unpaired) electrons. The molecule has 0 aliphatic carbocycles. The van der Waals surface area contributed by atoms with Crippen molar-refractivity contribution in [1.82, 2.24) is 9.80 Å². The van der Waals surface area contributed by atoms with Gasteiger partial charge in [0.15, 0.2) is 9.84 Å². The lowest BCUT2D eigenvalue weighted by Gasteiger charge is -2.36. The van der Waals surface area contributed by atoms with Gasteiger partial charge in [-0.05, 0) is 24.6 Å². The van der Waals surface area contributed by atoms with E-state index in [0.717, 1.165) is 32.7 Å². The predicted molar refractivity (Wildman–Crippen MR) is 99.7 cm³/mol. The molecule has 0 N–H and O–H groups in total. The molecule has 2 fully saturated rings. The average molecular weight is 365 g/mol. The van der Waals surface area contributed by atoms with E-state index in [-0.39, 0.29) is 17.4 Å². The van der Waals surface area contributed by atoms with E-state index in [1.165, 1.54) is 11.3 Å². The largest absolute Gasteiger partial charge is 0.369 e. The number of piperazine rings is 1. The number of carbonyl (C=O) groups excluding carboxylic acids is 1. The van der Waals surface area contributed by atoms with Crippen LogP contribution in [0, 0.1) is 6.92 Å². The minimum Gasteiger partial charge on any atom is -0.369 e. The Balaban J connectivity index is 1.41. The molecule has 0 aromatic heterocycles. The lowest BCUT2D eigenvalue weighted by Crippen LogP contribution is -2.48. The number of nitrogens with zero attached hydrogens (tertiary/aromatic N) is 3. The van der Waals surface area contributed by atoms with Crippen molar-refractivity contribution in [3.63, 3.8) is 0 Å². The Bertz CT molecular complexity index is 698. The number of sulfone groups is 1. The third-order valence-electron chi connectivity index (χ3n) is 5.08. The SMILES string of the molecule is Cc1cccc(N2CCN(CCC(=O)N3CCS(=O)(=O)CC3)CC2)c1. The molecule has 2 aliphatic rings. The molecule has 0 unspecified atom stereocenters. The lowest BCUT2D eigenvalue weighted by atomic mass is 10.2. The second kappa shape index (κ2) is 7.74. The van der Waals surface area contributed by atoms with Gasteiger partial charge in [-0.15, -0.1) is 0 Å². The Kier molecular flexibility index (Phi) is 5.64. The van der Waals surface area contributed by atoms with E-state index in [1.54, 1.807) is 4.90 Å². The van der Waals surface area contributed by atoms with Crippen molar-refractivity contribution in [2.24, 2.45) is 0 Å². The zero-order chi connectivity index (χ0) is 17.9. The van der Waals surface area contributed by atoms with Crippen molar-refractivity contribution in [2.75, 3.05) is 62.2 Å². The molecule has 2 aliphatic heterocycles. The van der Waals surface area contributed by atoms with Crippen LogP contribution in [-0.4, -0.2) is 81.4 Å². The number of hydrogen-bond acceptors (Lipinski definition) is 5. The number of carbonyl (C=O) groups is 1. The van der Waals surface area contributed by atoms with Crippen molar-refractivity contribution in [2.45, 2.75) is 13.3 Å². The normalized spacial score (nSPS) is 21.3. The van der Waals surface area contributed by atoms with Gasteiger partial charge in [-0.25, -0.2) is 8.42 Å². The lowest BCUT2D eigenvalue weighted by molar-refractivity contribution is -0.131. The molecule has 3 rings (SSSR count). The maximum Gasteiger partial charge on any atom is 0.223 e. The first kappa shape index (κ1) is 18.2. The van der Waals surface area contributed by atoms with Crippen molar-refractivity contribution in [1.29, 1.82) is 0 Å². The van der Waals surface area contributed by atoms with E-state index < -0.39 is 9.84 Å². The highest BCUT2D eigenvalue weighted by atomic mass is 32.2. The fourth-order valence-electron chi connectivity index (χ4n) is 3.43. The van der Waals surface area contributed by atoms with E-state index in [0.29, 0.717) is 19.5 Å². The third-order valence-corrected chi connectivity index (χ3v) is 6.69. The zero-order valence-corrected chi connectivity index (χ0v) is 15.7. The van der Waals surface area contributed by atoms with Gasteiger partial charge in [-0.1, -0.05) is 12.1 Å². The van der Waals surface area contributed by atoms with Crippen LogP contribution >= 0.6 is 0 Å². The van der Waals surface area contributed by atoms with E-state index in [2.05, 4.69) is 41.0 Å². The van der Waals surface area contributed by atoms with E-state index in [9.17, 15) is 13.2 Å². The van der Waals surface area contributed by atoms with Crippen LogP contribution in [0.15, 0.2) is 24.3 Å². The standard InChI is InChI=1S/C18H27N3O3S/c1-16-3-2-4-17(15-16)20-9-7-19(8-10-20)6-5-18(22)21-11-13-25(23,24)14-12-21/h2-4,15H,5-14H2,1H3. The van der Waals surface area contributed by atoms with Crippen LogP contribution in [-0.2, 0) is 14.6 Å². The Morgan fingerprint density at radius 3 is 2.36 bits per heavy atom.